The van der Waals surface area contributed by atoms with E-state index in [1.807, 2.05) is 62.9 Å². The molecular formula is C34H43N5O4. The zero-order chi connectivity index (χ0) is 29.6. The third-order valence-corrected chi connectivity index (χ3v) is 9.29. The first kappa shape index (κ1) is 29.5. The van der Waals surface area contributed by atoms with Crippen molar-refractivity contribution in [1.82, 2.24) is 24.7 Å². The number of nitrogens with zero attached hydrogens (tertiary/aromatic N) is 4. The Morgan fingerprint density at radius 2 is 1.84 bits per heavy atom. The number of benzene rings is 2. The van der Waals surface area contributed by atoms with Gasteiger partial charge in [0, 0.05) is 50.7 Å². The van der Waals surface area contributed by atoms with E-state index in [0.29, 0.717) is 38.2 Å². The summed E-state index contributed by atoms with van der Waals surface area (Å²) in [5.41, 5.74) is 2.16. The van der Waals surface area contributed by atoms with Crippen LogP contribution in [-0.4, -0.2) is 93.9 Å². The van der Waals surface area contributed by atoms with Gasteiger partial charge < -0.3 is 29.5 Å². The average molecular weight is 586 g/mol. The van der Waals surface area contributed by atoms with E-state index in [1.54, 1.807) is 6.33 Å². The van der Waals surface area contributed by atoms with Crippen LogP contribution in [-0.2, 0) is 16.0 Å². The minimum Gasteiger partial charge on any atom is -0.385 e. The normalized spacial score (nSPS) is 24.4. The maximum atomic E-state index is 14.3. The van der Waals surface area contributed by atoms with E-state index in [-0.39, 0.29) is 30.5 Å². The number of imidazole rings is 1. The first-order valence-corrected chi connectivity index (χ1v) is 15.8. The van der Waals surface area contributed by atoms with E-state index in [9.17, 15) is 14.7 Å². The first-order chi connectivity index (χ1) is 21.0. The Labute approximate surface area is 253 Å². The molecule has 2 aliphatic heterocycles. The van der Waals surface area contributed by atoms with Crippen molar-refractivity contribution in [3.63, 3.8) is 0 Å². The molecule has 2 amide bonds. The van der Waals surface area contributed by atoms with Crippen LogP contribution in [0.3, 0.4) is 0 Å². The molecule has 0 spiro atoms. The second-order valence-corrected chi connectivity index (χ2v) is 12.2. The van der Waals surface area contributed by atoms with Crippen LogP contribution in [0.1, 0.15) is 60.6 Å². The molecule has 0 bridgehead atoms. The Balaban J connectivity index is 1.27. The molecule has 43 heavy (non-hydrogen) atoms. The van der Waals surface area contributed by atoms with Crippen LogP contribution in [0.5, 0.6) is 0 Å². The number of hydrogen-bond donors (Lipinski definition) is 2. The van der Waals surface area contributed by atoms with Gasteiger partial charge in [0.05, 0.1) is 31.3 Å². The molecule has 2 unspecified atom stereocenters. The number of hydrogen-bond acceptors (Lipinski definition) is 6. The zero-order valence-corrected chi connectivity index (χ0v) is 24.9. The smallest absolute Gasteiger partial charge is 0.275 e. The minimum absolute atomic E-state index is 0.0138. The summed E-state index contributed by atoms with van der Waals surface area (Å²) in [5, 5.41) is 15.5. The number of rotatable bonds is 10. The molecular weight excluding hydrogens is 542 g/mol. The minimum atomic E-state index is -1.11. The largest absolute Gasteiger partial charge is 0.385 e. The Hall–Kier alpha value is -3.53. The monoisotopic (exact) mass is 585 g/mol. The Kier molecular flexibility index (Phi) is 9.21. The molecule has 2 N–H and O–H groups in total. The van der Waals surface area contributed by atoms with Gasteiger partial charge in [0.25, 0.3) is 5.91 Å². The molecule has 3 heterocycles. The molecule has 9 heteroatoms. The fourth-order valence-electron chi connectivity index (χ4n) is 7.00. The predicted molar refractivity (Wildman–Crippen MR) is 165 cm³/mol. The molecule has 2 aromatic carbocycles. The highest BCUT2D eigenvalue weighted by Crippen LogP contribution is 2.41. The van der Waals surface area contributed by atoms with Crippen molar-refractivity contribution >= 4 is 11.8 Å². The fourth-order valence-corrected chi connectivity index (χ4v) is 7.00. The summed E-state index contributed by atoms with van der Waals surface area (Å²) in [4.78, 5) is 34.9. The molecule has 3 fully saturated rings. The highest BCUT2D eigenvalue weighted by atomic mass is 16.5. The first-order valence-electron chi connectivity index (χ1n) is 15.8. The van der Waals surface area contributed by atoms with Gasteiger partial charge in [-0.3, -0.25) is 9.59 Å². The number of carbonyl (C=O) groups excluding carboxylic acids is 2. The van der Waals surface area contributed by atoms with Crippen molar-refractivity contribution < 1.29 is 19.4 Å². The van der Waals surface area contributed by atoms with Crippen molar-refractivity contribution in [3.8, 4) is 11.3 Å². The summed E-state index contributed by atoms with van der Waals surface area (Å²) in [7, 11) is 0. The van der Waals surface area contributed by atoms with Crippen LogP contribution in [0, 0.1) is 0 Å². The number of piperazine rings is 1. The van der Waals surface area contributed by atoms with Gasteiger partial charge in [0.2, 0.25) is 5.91 Å². The Morgan fingerprint density at radius 3 is 2.60 bits per heavy atom. The lowest BCUT2D eigenvalue weighted by molar-refractivity contribution is -0.129. The van der Waals surface area contributed by atoms with Gasteiger partial charge in [0.15, 0.2) is 5.69 Å². The quantitative estimate of drug-likeness (QED) is 0.352. The summed E-state index contributed by atoms with van der Waals surface area (Å²) in [5.74, 6) is 0.0994. The standard InChI is InChI=1S/C34H43N5O4/c40-30-15-9-18-37(30)20-21-43-24-34(42)16-8-7-14-29(34)39-25-36-31(32(39)27-12-5-2-6-13-27)33(41)38-19-17-35-23-28(38)22-26-10-3-1-4-11-26/h1-6,10-13,25,28-29,35,42H,7-9,14-24H2/t28-,29?,34?/m1/s1. The summed E-state index contributed by atoms with van der Waals surface area (Å²) in [6, 6.07) is 19.9. The van der Waals surface area contributed by atoms with Crippen LogP contribution in [0.25, 0.3) is 11.3 Å². The topological polar surface area (TPSA) is 99.9 Å². The number of amides is 2. The van der Waals surface area contributed by atoms with Gasteiger partial charge in [-0.15, -0.1) is 0 Å². The van der Waals surface area contributed by atoms with E-state index in [0.717, 1.165) is 63.0 Å². The van der Waals surface area contributed by atoms with Crippen LogP contribution >= 0.6 is 0 Å². The molecule has 1 saturated carbocycles. The summed E-state index contributed by atoms with van der Waals surface area (Å²) < 4.78 is 8.08. The lowest BCUT2D eigenvalue weighted by Gasteiger charge is -2.41. The van der Waals surface area contributed by atoms with Gasteiger partial charge in [-0.25, -0.2) is 4.98 Å². The number of aliphatic hydroxyl groups is 1. The van der Waals surface area contributed by atoms with Crippen LogP contribution in [0.2, 0.25) is 0 Å². The molecule has 9 nitrogen and oxygen atoms in total. The van der Waals surface area contributed by atoms with Crippen molar-refractivity contribution in [1.29, 1.82) is 0 Å². The van der Waals surface area contributed by atoms with Crippen molar-refractivity contribution in [2.24, 2.45) is 0 Å². The summed E-state index contributed by atoms with van der Waals surface area (Å²) in [6.07, 6.45) is 7.27. The summed E-state index contributed by atoms with van der Waals surface area (Å²) >= 11 is 0. The number of carbonyl (C=O) groups is 2. The zero-order valence-electron chi connectivity index (χ0n) is 24.9. The highest BCUT2D eigenvalue weighted by molar-refractivity contribution is 5.98. The van der Waals surface area contributed by atoms with Crippen LogP contribution in [0.4, 0.5) is 0 Å². The third kappa shape index (κ3) is 6.54. The lowest BCUT2D eigenvalue weighted by atomic mass is 9.80. The molecule has 6 rings (SSSR count). The van der Waals surface area contributed by atoms with E-state index < -0.39 is 5.60 Å². The SMILES string of the molecule is O=C1CCCN1CCOCC1(O)CCCCC1n1cnc(C(=O)N2CCNC[C@H]2Cc2ccccc2)c1-c1ccccc1. The predicted octanol–water partition coefficient (Wildman–Crippen LogP) is 3.69. The van der Waals surface area contributed by atoms with Crippen LogP contribution < -0.4 is 5.32 Å². The molecule has 2 saturated heterocycles. The molecule has 1 aliphatic carbocycles. The fraction of sp³-hybridized carbons (Fsp3) is 0.500. The van der Waals surface area contributed by atoms with Gasteiger partial charge in [-0.05, 0) is 31.2 Å². The molecule has 228 valence electrons. The second kappa shape index (κ2) is 13.4. The third-order valence-electron chi connectivity index (χ3n) is 9.29. The number of likely N-dealkylation sites (tertiary alicyclic amines) is 1. The van der Waals surface area contributed by atoms with Crippen molar-refractivity contribution in [2.75, 3.05) is 45.9 Å². The number of nitrogens with one attached hydrogen (secondary N) is 1. The molecule has 3 aromatic rings. The van der Waals surface area contributed by atoms with Gasteiger partial charge in [-0.1, -0.05) is 73.5 Å². The van der Waals surface area contributed by atoms with E-state index in [2.05, 4.69) is 17.4 Å². The maximum absolute atomic E-state index is 14.3. The van der Waals surface area contributed by atoms with E-state index in [4.69, 9.17) is 9.72 Å². The lowest BCUT2D eigenvalue weighted by Crippen LogP contribution is -2.54. The molecule has 1 aromatic heterocycles. The van der Waals surface area contributed by atoms with Crippen molar-refractivity contribution in [3.05, 3.63) is 78.2 Å². The van der Waals surface area contributed by atoms with Gasteiger partial charge in [0.1, 0.15) is 5.60 Å². The Morgan fingerprint density at radius 1 is 1.05 bits per heavy atom. The molecule has 3 aliphatic rings. The molecule has 3 atom stereocenters. The van der Waals surface area contributed by atoms with E-state index in [1.165, 1.54) is 5.56 Å². The van der Waals surface area contributed by atoms with Gasteiger partial charge >= 0.3 is 0 Å². The summed E-state index contributed by atoms with van der Waals surface area (Å²) in [6.45, 7) is 3.97. The average Bonchev–Trinajstić information content (AvgIpc) is 3.66. The van der Waals surface area contributed by atoms with Crippen LogP contribution in [0.15, 0.2) is 67.0 Å². The highest BCUT2D eigenvalue weighted by Gasteiger charge is 2.42. The number of ether oxygens (including phenoxy) is 1. The molecule has 0 radical (unpaired) electrons. The van der Waals surface area contributed by atoms with Crippen molar-refractivity contribution in [2.45, 2.75) is 62.6 Å². The maximum Gasteiger partial charge on any atom is 0.275 e. The van der Waals surface area contributed by atoms with Gasteiger partial charge in [-0.2, -0.15) is 0 Å². The van der Waals surface area contributed by atoms with E-state index >= 15 is 0 Å². The number of aromatic nitrogens is 2. The second-order valence-electron chi connectivity index (χ2n) is 12.2. The Bertz CT molecular complexity index is 1380.